The molecule has 2 saturated heterocycles. The lowest BCUT2D eigenvalue weighted by molar-refractivity contribution is -0.0164. The van der Waals surface area contributed by atoms with Crippen molar-refractivity contribution in [1.82, 2.24) is 14.7 Å². The van der Waals surface area contributed by atoms with E-state index in [1.54, 1.807) is 0 Å². The van der Waals surface area contributed by atoms with E-state index in [4.69, 9.17) is 4.74 Å². The Morgan fingerprint density at radius 3 is 2.17 bits per heavy atom. The van der Waals surface area contributed by atoms with E-state index in [1.165, 1.54) is 0 Å². The highest BCUT2D eigenvalue weighted by molar-refractivity contribution is 5.68. The highest BCUT2D eigenvalue weighted by Crippen LogP contribution is 2.31. The van der Waals surface area contributed by atoms with Gasteiger partial charge in [-0.05, 0) is 47.4 Å². The van der Waals surface area contributed by atoms with Gasteiger partial charge in [0.2, 0.25) is 0 Å². The zero-order valence-electron chi connectivity index (χ0n) is 15.2. The summed E-state index contributed by atoms with van der Waals surface area (Å²) in [6.07, 6.45) is 1.68. The monoisotopic (exact) mass is 324 g/mol. The van der Waals surface area contributed by atoms with Crippen LogP contribution < -0.4 is 0 Å². The molecule has 2 rings (SSSR count). The first-order valence-corrected chi connectivity index (χ1v) is 8.60. The largest absolute Gasteiger partial charge is 0.444 e. The molecule has 0 aromatic rings. The molecule has 132 valence electrons. The number of nitrogens with zero attached hydrogens (tertiary/aromatic N) is 4. The van der Waals surface area contributed by atoms with Gasteiger partial charge in [-0.2, -0.15) is 0 Å². The first-order valence-electron chi connectivity index (χ1n) is 8.60. The Labute approximate surface area is 140 Å². The molecular weight excluding hydrogens is 292 g/mol. The maximum atomic E-state index is 12.2. The molecule has 0 aromatic heterocycles. The number of likely N-dealkylation sites (tertiary alicyclic amines) is 1. The molecule has 0 spiro atoms. The molecule has 0 aromatic carbocycles. The molecule has 0 atom stereocenters. The van der Waals surface area contributed by atoms with Crippen LogP contribution in [-0.4, -0.2) is 91.5 Å². The van der Waals surface area contributed by atoms with Crippen LogP contribution >= 0.6 is 0 Å². The minimum Gasteiger partial charge on any atom is -0.444 e. The van der Waals surface area contributed by atoms with Gasteiger partial charge in [0.05, 0.1) is 6.54 Å². The Hall–Kier alpha value is -1.14. The normalized spacial score (nSPS) is 23.6. The Kier molecular flexibility index (Phi) is 5.68. The second kappa shape index (κ2) is 7.18. The van der Waals surface area contributed by atoms with Crippen molar-refractivity contribution in [3.05, 3.63) is 0 Å². The van der Waals surface area contributed by atoms with Crippen molar-refractivity contribution in [2.45, 2.75) is 44.8 Å². The van der Waals surface area contributed by atoms with Crippen molar-refractivity contribution in [3.8, 4) is 0 Å². The van der Waals surface area contributed by atoms with Crippen LogP contribution in [-0.2, 0) is 4.74 Å². The fourth-order valence-electron chi connectivity index (χ4n) is 3.50. The third-order valence-electron chi connectivity index (χ3n) is 4.93. The topological polar surface area (TPSA) is 48.4 Å². The van der Waals surface area contributed by atoms with Crippen molar-refractivity contribution in [3.63, 3.8) is 0 Å². The summed E-state index contributed by atoms with van der Waals surface area (Å²) in [5, 5.41) is 0. The molecule has 6 nitrogen and oxygen atoms in total. The average molecular weight is 324 g/mol. The average Bonchev–Trinajstić information content (AvgIpc) is 2.47. The minimum atomic E-state index is -0.439. The molecule has 2 aliphatic heterocycles. The number of rotatable bonds is 3. The number of piperidine rings is 1. The SMILES string of the molecule is C=NCC1(N2CCN(C)CC2)CCN(C(=O)OC(C)(C)C)CC1. The van der Waals surface area contributed by atoms with Crippen LogP contribution in [0.1, 0.15) is 33.6 Å². The van der Waals surface area contributed by atoms with Crippen LogP contribution in [0.5, 0.6) is 0 Å². The predicted molar refractivity (Wildman–Crippen MR) is 93.3 cm³/mol. The second-order valence-corrected chi connectivity index (χ2v) is 7.86. The summed E-state index contributed by atoms with van der Waals surface area (Å²) in [6.45, 7) is 16.0. The van der Waals surface area contributed by atoms with Crippen LogP contribution in [0.4, 0.5) is 4.79 Å². The van der Waals surface area contributed by atoms with E-state index in [-0.39, 0.29) is 11.6 Å². The zero-order valence-corrected chi connectivity index (χ0v) is 15.2. The molecule has 2 aliphatic rings. The van der Waals surface area contributed by atoms with Crippen LogP contribution in [0.2, 0.25) is 0 Å². The molecule has 0 unspecified atom stereocenters. The van der Waals surface area contributed by atoms with Gasteiger partial charge >= 0.3 is 6.09 Å². The molecule has 2 heterocycles. The van der Waals surface area contributed by atoms with Gasteiger partial charge in [0.15, 0.2) is 0 Å². The molecule has 0 N–H and O–H groups in total. The first-order chi connectivity index (χ1) is 10.8. The van der Waals surface area contributed by atoms with Gasteiger partial charge in [-0.25, -0.2) is 4.79 Å². The third kappa shape index (κ3) is 4.67. The van der Waals surface area contributed by atoms with Crippen LogP contribution in [0.15, 0.2) is 4.99 Å². The summed E-state index contributed by atoms with van der Waals surface area (Å²) in [5.74, 6) is 0. The van der Waals surface area contributed by atoms with Gasteiger partial charge in [-0.15, -0.1) is 0 Å². The second-order valence-electron chi connectivity index (χ2n) is 7.86. The van der Waals surface area contributed by atoms with Crippen LogP contribution in [0.25, 0.3) is 0 Å². The summed E-state index contributed by atoms with van der Waals surface area (Å²) in [7, 11) is 2.17. The van der Waals surface area contributed by atoms with Gasteiger partial charge in [-0.3, -0.25) is 9.89 Å². The van der Waals surface area contributed by atoms with Gasteiger partial charge in [-0.1, -0.05) is 0 Å². The Bertz CT molecular complexity index is 417. The molecule has 0 saturated carbocycles. The quantitative estimate of drug-likeness (QED) is 0.742. The molecule has 0 bridgehead atoms. The Morgan fingerprint density at radius 1 is 1.13 bits per heavy atom. The van der Waals surface area contributed by atoms with Crippen LogP contribution in [0.3, 0.4) is 0 Å². The summed E-state index contributed by atoms with van der Waals surface area (Å²) < 4.78 is 5.50. The van der Waals surface area contributed by atoms with E-state index in [0.717, 1.165) is 58.7 Å². The number of carbonyl (C=O) groups is 1. The lowest BCUT2D eigenvalue weighted by Gasteiger charge is -2.50. The van der Waals surface area contributed by atoms with Gasteiger partial charge in [0.1, 0.15) is 5.60 Å². The van der Waals surface area contributed by atoms with E-state index in [2.05, 4.69) is 28.6 Å². The van der Waals surface area contributed by atoms with E-state index >= 15 is 0 Å². The summed E-state index contributed by atoms with van der Waals surface area (Å²) in [5.41, 5.74) is -0.382. The highest BCUT2D eigenvalue weighted by atomic mass is 16.6. The summed E-state index contributed by atoms with van der Waals surface area (Å²) in [6, 6.07) is 0. The first kappa shape index (κ1) is 18.2. The van der Waals surface area contributed by atoms with E-state index in [1.807, 2.05) is 25.7 Å². The summed E-state index contributed by atoms with van der Waals surface area (Å²) >= 11 is 0. The fourth-order valence-corrected chi connectivity index (χ4v) is 3.50. The molecule has 23 heavy (non-hydrogen) atoms. The number of likely N-dealkylation sites (N-methyl/N-ethyl adjacent to an activating group) is 1. The lowest BCUT2D eigenvalue weighted by Crippen LogP contribution is -2.62. The highest BCUT2D eigenvalue weighted by Gasteiger charge is 2.42. The maximum absolute atomic E-state index is 12.2. The van der Waals surface area contributed by atoms with Gasteiger partial charge in [0, 0.05) is 44.8 Å². The van der Waals surface area contributed by atoms with Crippen molar-refractivity contribution in [2.24, 2.45) is 4.99 Å². The van der Waals surface area contributed by atoms with Crippen molar-refractivity contribution >= 4 is 12.8 Å². The number of hydrogen-bond acceptors (Lipinski definition) is 5. The smallest absolute Gasteiger partial charge is 0.410 e. The number of hydrogen-bond donors (Lipinski definition) is 0. The molecule has 6 heteroatoms. The number of ether oxygens (including phenoxy) is 1. The van der Waals surface area contributed by atoms with Crippen molar-refractivity contribution in [2.75, 3.05) is 52.9 Å². The molecule has 2 fully saturated rings. The van der Waals surface area contributed by atoms with Crippen molar-refractivity contribution < 1.29 is 9.53 Å². The summed E-state index contributed by atoms with van der Waals surface area (Å²) in [4.78, 5) is 23.2. The molecule has 0 radical (unpaired) electrons. The van der Waals surface area contributed by atoms with E-state index < -0.39 is 5.60 Å². The Balaban J connectivity index is 1.97. The maximum Gasteiger partial charge on any atom is 0.410 e. The standard InChI is InChI=1S/C17H32N4O2/c1-16(2,3)23-15(22)20-8-6-17(7-9-20,14-18-4)21-12-10-19(5)11-13-21/h4,6-14H2,1-3,5H3. The molecule has 1 amide bonds. The number of piperazine rings is 1. The van der Waals surface area contributed by atoms with Crippen molar-refractivity contribution in [1.29, 1.82) is 0 Å². The van der Waals surface area contributed by atoms with Gasteiger partial charge < -0.3 is 14.5 Å². The number of amides is 1. The molecule has 0 aliphatic carbocycles. The Morgan fingerprint density at radius 2 is 1.70 bits per heavy atom. The minimum absolute atomic E-state index is 0.0571. The fraction of sp³-hybridized carbons (Fsp3) is 0.882. The number of aliphatic imine (C=N–C) groups is 1. The zero-order chi connectivity index (χ0) is 17.1. The predicted octanol–water partition coefficient (Wildman–Crippen LogP) is 1.70. The number of carbonyl (C=O) groups excluding carboxylic acids is 1. The van der Waals surface area contributed by atoms with Crippen LogP contribution in [0, 0.1) is 0 Å². The van der Waals surface area contributed by atoms with E-state index in [9.17, 15) is 4.79 Å². The lowest BCUT2D eigenvalue weighted by atomic mass is 9.85. The van der Waals surface area contributed by atoms with E-state index in [0.29, 0.717) is 0 Å². The third-order valence-corrected chi connectivity index (χ3v) is 4.93. The molecular formula is C17H32N4O2. The van der Waals surface area contributed by atoms with Gasteiger partial charge in [0.25, 0.3) is 0 Å².